The van der Waals surface area contributed by atoms with E-state index in [1.54, 1.807) is 9.80 Å². The van der Waals surface area contributed by atoms with Crippen molar-refractivity contribution in [3.63, 3.8) is 0 Å². The number of nitrogens with zero attached hydrogens (tertiary/aromatic N) is 3. The van der Waals surface area contributed by atoms with Crippen molar-refractivity contribution in [3.8, 4) is 0 Å². The maximum absolute atomic E-state index is 11.8. The highest BCUT2D eigenvalue weighted by Gasteiger charge is 2.16. The molecule has 0 heterocycles. The van der Waals surface area contributed by atoms with Crippen molar-refractivity contribution in [1.29, 1.82) is 0 Å². The SMILES string of the molecule is CCCN(CCC)C(=O)[N]NC(=O)N(CC)CC. The first-order valence-corrected chi connectivity index (χ1v) is 6.65. The molecule has 105 valence electrons. The zero-order valence-corrected chi connectivity index (χ0v) is 11.9. The largest absolute Gasteiger partial charge is 0.360 e. The number of nitrogens with one attached hydrogen (secondary N) is 1. The van der Waals surface area contributed by atoms with E-state index in [9.17, 15) is 9.59 Å². The summed E-state index contributed by atoms with van der Waals surface area (Å²) in [5.41, 5.74) is 5.93. The van der Waals surface area contributed by atoms with E-state index in [1.807, 2.05) is 27.7 Å². The predicted molar refractivity (Wildman–Crippen MR) is 71.1 cm³/mol. The quantitative estimate of drug-likeness (QED) is 0.737. The fourth-order valence-electron chi connectivity index (χ4n) is 1.59. The molecule has 0 unspecified atom stereocenters. The second-order valence-electron chi connectivity index (χ2n) is 3.97. The van der Waals surface area contributed by atoms with Crippen LogP contribution in [0.5, 0.6) is 0 Å². The summed E-state index contributed by atoms with van der Waals surface area (Å²) in [7, 11) is 0. The van der Waals surface area contributed by atoms with Crippen molar-refractivity contribution in [2.24, 2.45) is 0 Å². The molecule has 0 aromatic rings. The van der Waals surface area contributed by atoms with E-state index in [4.69, 9.17) is 0 Å². The van der Waals surface area contributed by atoms with Crippen molar-refractivity contribution >= 4 is 12.1 Å². The zero-order valence-electron chi connectivity index (χ0n) is 11.9. The number of hydrogen-bond donors (Lipinski definition) is 1. The predicted octanol–water partition coefficient (Wildman–Crippen LogP) is 1.80. The van der Waals surface area contributed by atoms with Crippen LogP contribution < -0.4 is 10.9 Å². The van der Waals surface area contributed by atoms with Crippen molar-refractivity contribution < 1.29 is 9.59 Å². The molecular formula is C12H25N4O2. The highest BCUT2D eigenvalue weighted by molar-refractivity contribution is 5.79. The van der Waals surface area contributed by atoms with Gasteiger partial charge in [0.05, 0.1) is 0 Å². The van der Waals surface area contributed by atoms with Crippen LogP contribution in [0.4, 0.5) is 9.59 Å². The Morgan fingerprint density at radius 1 is 0.944 bits per heavy atom. The molecule has 0 aromatic carbocycles. The van der Waals surface area contributed by atoms with Gasteiger partial charge in [-0.1, -0.05) is 13.8 Å². The van der Waals surface area contributed by atoms with Gasteiger partial charge in [0, 0.05) is 26.2 Å². The molecule has 6 heteroatoms. The molecule has 1 N–H and O–H groups in total. The van der Waals surface area contributed by atoms with Crippen LogP contribution >= 0.6 is 0 Å². The minimum atomic E-state index is -0.376. The van der Waals surface area contributed by atoms with Crippen LogP contribution in [-0.2, 0) is 0 Å². The smallest absolute Gasteiger partial charge is 0.324 e. The molecule has 0 bridgehead atoms. The summed E-state index contributed by atoms with van der Waals surface area (Å²) in [5.74, 6) is 0. The third-order valence-corrected chi connectivity index (χ3v) is 2.56. The minimum absolute atomic E-state index is 0.332. The maximum Gasteiger partial charge on any atom is 0.360 e. The number of carbonyl (C=O) groups excluding carboxylic acids is 2. The Morgan fingerprint density at radius 3 is 1.83 bits per heavy atom. The van der Waals surface area contributed by atoms with Crippen LogP contribution in [0.2, 0.25) is 0 Å². The number of amides is 4. The van der Waals surface area contributed by atoms with Crippen LogP contribution in [0.3, 0.4) is 0 Å². The van der Waals surface area contributed by atoms with Gasteiger partial charge in [-0.15, -0.1) is 5.43 Å². The maximum atomic E-state index is 11.8. The Labute approximate surface area is 110 Å². The normalized spacial score (nSPS) is 9.78. The molecule has 0 saturated heterocycles. The minimum Gasteiger partial charge on any atom is -0.324 e. The molecule has 0 atom stereocenters. The van der Waals surface area contributed by atoms with Gasteiger partial charge in [0.25, 0.3) is 0 Å². The standard InChI is InChI=1S/C12H25N4O2/c1-5-9-16(10-6-2)12(18)14-13-11(17)15(7-3)8-4/h5-10H2,1-4H3,(H,13,17). The second kappa shape index (κ2) is 9.56. The number of carbonyl (C=O) groups is 2. The Morgan fingerprint density at radius 2 is 1.44 bits per heavy atom. The first-order chi connectivity index (χ1) is 8.60. The molecule has 0 rings (SSSR count). The molecule has 0 fully saturated rings. The van der Waals surface area contributed by atoms with E-state index in [-0.39, 0.29) is 12.1 Å². The zero-order chi connectivity index (χ0) is 14.0. The number of urea groups is 2. The van der Waals surface area contributed by atoms with E-state index < -0.39 is 0 Å². The van der Waals surface area contributed by atoms with Crippen molar-refractivity contribution in [1.82, 2.24) is 20.7 Å². The molecule has 0 saturated carbocycles. The number of rotatable bonds is 6. The summed E-state index contributed by atoms with van der Waals surface area (Å²) >= 11 is 0. The topological polar surface area (TPSA) is 66.8 Å². The number of hydrogen-bond acceptors (Lipinski definition) is 2. The molecule has 1 radical (unpaired) electrons. The Balaban J connectivity index is 4.17. The lowest BCUT2D eigenvalue weighted by molar-refractivity contribution is 0.179. The average Bonchev–Trinajstić information content (AvgIpc) is 2.37. The van der Waals surface area contributed by atoms with Crippen molar-refractivity contribution in [3.05, 3.63) is 0 Å². The van der Waals surface area contributed by atoms with E-state index in [2.05, 4.69) is 10.9 Å². The first kappa shape index (κ1) is 16.5. The molecule has 0 spiro atoms. The van der Waals surface area contributed by atoms with Gasteiger partial charge in [0.2, 0.25) is 0 Å². The fraction of sp³-hybridized carbons (Fsp3) is 0.833. The summed E-state index contributed by atoms with van der Waals surface area (Å²) in [4.78, 5) is 26.6. The van der Waals surface area contributed by atoms with Crippen molar-refractivity contribution in [2.45, 2.75) is 40.5 Å². The van der Waals surface area contributed by atoms with E-state index >= 15 is 0 Å². The summed E-state index contributed by atoms with van der Waals surface area (Å²) in [6.07, 6.45) is 1.76. The fourth-order valence-corrected chi connectivity index (χ4v) is 1.59. The van der Waals surface area contributed by atoms with Gasteiger partial charge in [0.15, 0.2) is 0 Å². The second-order valence-corrected chi connectivity index (χ2v) is 3.97. The summed E-state index contributed by atoms with van der Waals surface area (Å²) in [6.45, 7) is 10.3. The van der Waals surface area contributed by atoms with Gasteiger partial charge in [-0.05, 0) is 26.7 Å². The highest BCUT2D eigenvalue weighted by atomic mass is 16.2. The molecule has 6 nitrogen and oxygen atoms in total. The Bertz CT molecular complexity index is 248. The Kier molecular flexibility index (Phi) is 8.78. The lowest BCUT2D eigenvalue weighted by Crippen LogP contribution is -2.49. The van der Waals surface area contributed by atoms with Crippen LogP contribution in [0.1, 0.15) is 40.5 Å². The molecule has 18 heavy (non-hydrogen) atoms. The van der Waals surface area contributed by atoms with Crippen molar-refractivity contribution in [2.75, 3.05) is 26.2 Å². The molecule has 0 aromatic heterocycles. The summed E-state index contributed by atoms with van der Waals surface area (Å²) in [6, 6.07) is -0.708. The average molecular weight is 257 g/mol. The van der Waals surface area contributed by atoms with E-state index in [0.717, 1.165) is 12.8 Å². The lowest BCUT2D eigenvalue weighted by atomic mass is 10.4. The van der Waals surface area contributed by atoms with Gasteiger partial charge < -0.3 is 9.80 Å². The van der Waals surface area contributed by atoms with E-state index in [1.165, 1.54) is 0 Å². The van der Waals surface area contributed by atoms with Crippen LogP contribution in [0, 0.1) is 0 Å². The lowest BCUT2D eigenvalue weighted by Gasteiger charge is -2.22. The first-order valence-electron chi connectivity index (χ1n) is 6.65. The van der Waals surface area contributed by atoms with Gasteiger partial charge in [0.1, 0.15) is 0 Å². The van der Waals surface area contributed by atoms with Crippen LogP contribution in [0.15, 0.2) is 0 Å². The van der Waals surface area contributed by atoms with Gasteiger partial charge in [-0.25, -0.2) is 15.0 Å². The third-order valence-electron chi connectivity index (χ3n) is 2.56. The van der Waals surface area contributed by atoms with Gasteiger partial charge in [-0.2, -0.15) is 0 Å². The summed E-state index contributed by atoms with van der Waals surface area (Å²) < 4.78 is 0. The molecular weight excluding hydrogens is 232 g/mol. The van der Waals surface area contributed by atoms with Gasteiger partial charge in [-0.3, -0.25) is 0 Å². The third kappa shape index (κ3) is 5.75. The van der Waals surface area contributed by atoms with Gasteiger partial charge >= 0.3 is 12.1 Å². The van der Waals surface area contributed by atoms with E-state index in [0.29, 0.717) is 26.2 Å². The van der Waals surface area contributed by atoms with Crippen LogP contribution in [-0.4, -0.2) is 48.0 Å². The molecule has 0 aliphatic heterocycles. The molecule has 4 amide bonds. The monoisotopic (exact) mass is 257 g/mol. The highest BCUT2D eigenvalue weighted by Crippen LogP contribution is 1.95. The summed E-state index contributed by atoms with van der Waals surface area (Å²) in [5, 5.41) is 0. The molecule has 0 aliphatic carbocycles. The molecule has 0 aliphatic rings. The van der Waals surface area contributed by atoms with Crippen LogP contribution in [0.25, 0.3) is 0 Å². The Hall–Kier alpha value is -1.46.